The maximum atomic E-state index is 6.43. The zero-order valence-corrected chi connectivity index (χ0v) is 16.3. The summed E-state index contributed by atoms with van der Waals surface area (Å²) in [5, 5.41) is 4.65. The molecule has 1 saturated heterocycles. The zero-order valence-electron chi connectivity index (χ0n) is 14.8. The molecule has 0 bridgehead atoms. The van der Waals surface area contributed by atoms with Gasteiger partial charge in [0.15, 0.2) is 11.5 Å². The Hall–Kier alpha value is -1.46. The van der Waals surface area contributed by atoms with Gasteiger partial charge in [0.25, 0.3) is 0 Å². The summed E-state index contributed by atoms with van der Waals surface area (Å²) < 4.78 is 17.0. The lowest BCUT2D eigenvalue weighted by atomic mass is 10.2. The third-order valence-electron chi connectivity index (χ3n) is 4.31. The number of benzene rings is 2. The van der Waals surface area contributed by atoms with Crippen LogP contribution in [-0.4, -0.2) is 26.4 Å². The van der Waals surface area contributed by atoms with Crippen molar-refractivity contribution in [1.82, 2.24) is 5.32 Å². The van der Waals surface area contributed by atoms with Crippen LogP contribution in [0.1, 0.15) is 24.0 Å². The molecule has 0 saturated carbocycles. The first kappa shape index (κ1) is 19.3. The van der Waals surface area contributed by atoms with Crippen LogP contribution in [-0.2, 0) is 17.9 Å². The molecule has 1 N–H and O–H groups in total. The van der Waals surface area contributed by atoms with Gasteiger partial charge in [0.05, 0.1) is 18.2 Å². The molecule has 1 aliphatic rings. The highest BCUT2D eigenvalue weighted by Crippen LogP contribution is 2.37. The minimum atomic E-state index is 0.314. The van der Waals surface area contributed by atoms with E-state index in [9.17, 15) is 0 Å². The summed E-state index contributed by atoms with van der Waals surface area (Å²) in [4.78, 5) is 0. The van der Waals surface area contributed by atoms with Crippen molar-refractivity contribution in [3.05, 3.63) is 57.6 Å². The van der Waals surface area contributed by atoms with Crippen molar-refractivity contribution in [2.75, 3.05) is 20.3 Å². The highest BCUT2D eigenvalue weighted by Gasteiger charge is 2.16. The highest BCUT2D eigenvalue weighted by atomic mass is 35.5. The molecular formula is C20H23Cl2NO3. The van der Waals surface area contributed by atoms with Crippen molar-refractivity contribution in [2.24, 2.45) is 0 Å². The van der Waals surface area contributed by atoms with Crippen LogP contribution in [0.4, 0.5) is 0 Å². The molecule has 26 heavy (non-hydrogen) atoms. The quantitative estimate of drug-likeness (QED) is 0.693. The second-order valence-corrected chi connectivity index (χ2v) is 7.13. The largest absolute Gasteiger partial charge is 0.493 e. The van der Waals surface area contributed by atoms with E-state index in [0.717, 1.165) is 37.1 Å². The van der Waals surface area contributed by atoms with Crippen LogP contribution in [0.15, 0.2) is 36.4 Å². The predicted octanol–water partition coefficient (Wildman–Crippen LogP) is 4.85. The third kappa shape index (κ3) is 5.27. The lowest BCUT2D eigenvalue weighted by molar-refractivity contribution is 0.110. The average molecular weight is 396 g/mol. The van der Waals surface area contributed by atoms with Gasteiger partial charge >= 0.3 is 0 Å². The number of rotatable bonds is 8. The van der Waals surface area contributed by atoms with Gasteiger partial charge in [-0.3, -0.25) is 0 Å². The first-order valence-corrected chi connectivity index (χ1v) is 9.47. The molecule has 1 aliphatic heterocycles. The minimum Gasteiger partial charge on any atom is -0.493 e. The number of methoxy groups -OCH3 is 1. The average Bonchev–Trinajstić information content (AvgIpc) is 3.15. The summed E-state index contributed by atoms with van der Waals surface area (Å²) >= 11 is 12.3. The van der Waals surface area contributed by atoms with Crippen LogP contribution in [0, 0.1) is 0 Å². The van der Waals surface area contributed by atoms with E-state index in [4.69, 9.17) is 37.4 Å². The molecular weight excluding hydrogens is 373 g/mol. The van der Waals surface area contributed by atoms with Gasteiger partial charge in [-0.05, 0) is 48.2 Å². The van der Waals surface area contributed by atoms with Gasteiger partial charge in [-0.1, -0.05) is 35.3 Å². The maximum Gasteiger partial charge on any atom is 0.180 e. The van der Waals surface area contributed by atoms with E-state index in [1.54, 1.807) is 7.11 Å². The normalized spacial score (nSPS) is 16.7. The van der Waals surface area contributed by atoms with Crippen LogP contribution < -0.4 is 14.8 Å². The Kier molecular flexibility index (Phi) is 7.03. The van der Waals surface area contributed by atoms with Crippen molar-refractivity contribution in [3.63, 3.8) is 0 Å². The van der Waals surface area contributed by atoms with E-state index in [1.807, 2.05) is 36.4 Å². The molecule has 0 amide bonds. The van der Waals surface area contributed by atoms with Crippen molar-refractivity contribution in [2.45, 2.75) is 32.1 Å². The number of halogens is 2. The first-order chi connectivity index (χ1) is 12.7. The Balaban J connectivity index is 1.61. The maximum absolute atomic E-state index is 6.43. The lowest BCUT2D eigenvalue weighted by Crippen LogP contribution is -2.25. The number of nitrogens with one attached hydrogen (secondary N) is 1. The van der Waals surface area contributed by atoms with E-state index >= 15 is 0 Å². The van der Waals surface area contributed by atoms with Crippen LogP contribution in [0.3, 0.4) is 0 Å². The van der Waals surface area contributed by atoms with Crippen LogP contribution in [0.25, 0.3) is 0 Å². The molecule has 2 aromatic carbocycles. The topological polar surface area (TPSA) is 39.7 Å². The van der Waals surface area contributed by atoms with Crippen molar-refractivity contribution < 1.29 is 14.2 Å². The smallest absolute Gasteiger partial charge is 0.180 e. The van der Waals surface area contributed by atoms with Crippen molar-refractivity contribution in [3.8, 4) is 11.5 Å². The van der Waals surface area contributed by atoms with Crippen LogP contribution >= 0.6 is 23.2 Å². The molecule has 0 radical (unpaired) electrons. The fourth-order valence-corrected chi connectivity index (χ4v) is 3.35. The summed E-state index contributed by atoms with van der Waals surface area (Å²) in [6, 6.07) is 11.4. The second kappa shape index (κ2) is 9.47. The molecule has 0 spiro atoms. The fourth-order valence-electron chi connectivity index (χ4n) is 2.93. The Morgan fingerprint density at radius 2 is 1.96 bits per heavy atom. The number of hydrogen-bond acceptors (Lipinski definition) is 4. The highest BCUT2D eigenvalue weighted by molar-refractivity contribution is 6.32. The standard InChI is InChI=1S/C20H23Cl2NO3/c1-24-19-10-15(11-23-12-17-3-2-8-25-17)9-18(22)20(19)26-13-14-4-6-16(21)7-5-14/h4-7,9-10,17,23H,2-3,8,11-13H2,1H3. The zero-order chi connectivity index (χ0) is 18.4. The summed E-state index contributed by atoms with van der Waals surface area (Å²) in [6.07, 6.45) is 2.58. The molecule has 1 unspecified atom stereocenters. The van der Waals surface area contributed by atoms with Gasteiger partial charge < -0.3 is 19.5 Å². The SMILES string of the molecule is COc1cc(CNCC2CCCO2)cc(Cl)c1OCc1ccc(Cl)cc1. The molecule has 1 fully saturated rings. The molecule has 140 valence electrons. The third-order valence-corrected chi connectivity index (χ3v) is 4.84. The van der Waals surface area contributed by atoms with E-state index < -0.39 is 0 Å². The molecule has 2 aromatic rings. The molecule has 0 aliphatic carbocycles. The molecule has 6 heteroatoms. The Morgan fingerprint density at radius 3 is 2.65 bits per heavy atom. The fraction of sp³-hybridized carbons (Fsp3) is 0.400. The molecule has 3 rings (SSSR count). The van der Waals surface area contributed by atoms with Gasteiger partial charge in [-0.15, -0.1) is 0 Å². The van der Waals surface area contributed by atoms with Crippen LogP contribution in [0.2, 0.25) is 10.0 Å². The Bertz CT molecular complexity index is 716. The summed E-state index contributed by atoms with van der Waals surface area (Å²) in [7, 11) is 1.62. The minimum absolute atomic E-state index is 0.314. The van der Waals surface area contributed by atoms with Gasteiger partial charge in [-0.25, -0.2) is 0 Å². The molecule has 4 nitrogen and oxygen atoms in total. The monoisotopic (exact) mass is 395 g/mol. The van der Waals surface area contributed by atoms with Crippen molar-refractivity contribution in [1.29, 1.82) is 0 Å². The summed E-state index contributed by atoms with van der Waals surface area (Å²) in [5.74, 6) is 1.17. The second-order valence-electron chi connectivity index (χ2n) is 6.29. The van der Waals surface area contributed by atoms with Crippen molar-refractivity contribution >= 4 is 23.2 Å². The predicted molar refractivity (Wildman–Crippen MR) is 104 cm³/mol. The van der Waals surface area contributed by atoms with Gasteiger partial charge in [0, 0.05) is 24.7 Å². The molecule has 1 atom stereocenters. The van der Waals surface area contributed by atoms with Gasteiger partial charge in [0.1, 0.15) is 6.61 Å². The number of ether oxygens (including phenoxy) is 3. The van der Waals surface area contributed by atoms with Gasteiger partial charge in [-0.2, -0.15) is 0 Å². The molecule has 1 heterocycles. The Labute approximate surface area is 164 Å². The molecule has 0 aromatic heterocycles. The number of hydrogen-bond donors (Lipinski definition) is 1. The van der Waals surface area contributed by atoms with E-state index in [1.165, 1.54) is 0 Å². The summed E-state index contributed by atoms with van der Waals surface area (Å²) in [6.45, 7) is 2.80. The van der Waals surface area contributed by atoms with E-state index in [-0.39, 0.29) is 0 Å². The van der Waals surface area contributed by atoms with E-state index in [2.05, 4.69) is 5.32 Å². The lowest BCUT2D eigenvalue weighted by Gasteiger charge is -2.15. The van der Waals surface area contributed by atoms with Crippen LogP contribution in [0.5, 0.6) is 11.5 Å². The first-order valence-electron chi connectivity index (χ1n) is 8.71. The van der Waals surface area contributed by atoms with E-state index in [0.29, 0.717) is 40.8 Å². The Morgan fingerprint density at radius 1 is 1.15 bits per heavy atom. The van der Waals surface area contributed by atoms with Gasteiger partial charge in [0.2, 0.25) is 0 Å². The summed E-state index contributed by atoms with van der Waals surface area (Å²) in [5.41, 5.74) is 2.05.